The highest BCUT2D eigenvalue weighted by Crippen LogP contribution is 2.28. The molecule has 0 unspecified atom stereocenters. The maximum absolute atomic E-state index is 12.3. The number of carbonyl (C=O) groups is 1. The van der Waals surface area contributed by atoms with E-state index in [1.54, 1.807) is 55.7 Å². The number of hydrogen-bond donors (Lipinski definition) is 1. The molecule has 3 rings (SSSR count). The van der Waals surface area contributed by atoms with Crippen molar-refractivity contribution in [1.29, 1.82) is 5.26 Å². The molecule has 1 amide bonds. The molecule has 0 aromatic heterocycles. The quantitative estimate of drug-likeness (QED) is 0.381. The first-order chi connectivity index (χ1) is 15.0. The van der Waals surface area contributed by atoms with Crippen LogP contribution in [0.1, 0.15) is 16.7 Å². The Labute approximate surface area is 186 Å². The van der Waals surface area contributed by atoms with Crippen molar-refractivity contribution in [1.82, 2.24) is 0 Å². The van der Waals surface area contributed by atoms with E-state index in [9.17, 15) is 10.1 Å². The molecular formula is C25H21ClN2O3. The summed E-state index contributed by atoms with van der Waals surface area (Å²) in [6, 6.07) is 21.9. The van der Waals surface area contributed by atoms with Gasteiger partial charge in [-0.1, -0.05) is 23.7 Å². The zero-order valence-electron chi connectivity index (χ0n) is 17.2. The van der Waals surface area contributed by atoms with Crippen molar-refractivity contribution in [2.45, 2.75) is 6.92 Å². The SMILES string of the molecule is COc1ccc(/C(C#N)=C/c2cc(Cl)ccc2OCC(=O)Nc2cccc(C)c2)cc1. The maximum Gasteiger partial charge on any atom is 0.262 e. The fourth-order valence-corrected chi connectivity index (χ4v) is 3.11. The average Bonchev–Trinajstić information content (AvgIpc) is 2.77. The van der Waals surface area contributed by atoms with Crippen LogP contribution >= 0.6 is 11.6 Å². The topological polar surface area (TPSA) is 71.3 Å². The van der Waals surface area contributed by atoms with Gasteiger partial charge in [0.05, 0.1) is 18.8 Å². The number of allylic oxidation sites excluding steroid dienone is 1. The molecular weight excluding hydrogens is 412 g/mol. The highest BCUT2D eigenvalue weighted by atomic mass is 35.5. The van der Waals surface area contributed by atoms with Gasteiger partial charge in [0.15, 0.2) is 6.61 Å². The van der Waals surface area contributed by atoms with Crippen LogP contribution < -0.4 is 14.8 Å². The molecule has 156 valence electrons. The molecule has 31 heavy (non-hydrogen) atoms. The normalized spacial score (nSPS) is 10.8. The van der Waals surface area contributed by atoms with Gasteiger partial charge in [0.1, 0.15) is 11.5 Å². The molecule has 3 aromatic carbocycles. The molecule has 6 heteroatoms. The van der Waals surface area contributed by atoms with Gasteiger partial charge in [-0.15, -0.1) is 0 Å². The van der Waals surface area contributed by atoms with Crippen LogP contribution in [0.5, 0.6) is 11.5 Å². The number of nitrogens with one attached hydrogen (secondary N) is 1. The Hall–Kier alpha value is -3.75. The second-order valence-corrected chi connectivity index (χ2v) is 7.22. The summed E-state index contributed by atoms with van der Waals surface area (Å²) in [5.74, 6) is 0.864. The summed E-state index contributed by atoms with van der Waals surface area (Å²) in [7, 11) is 1.58. The van der Waals surface area contributed by atoms with Crippen molar-refractivity contribution >= 4 is 34.8 Å². The number of nitrogens with zero attached hydrogens (tertiary/aromatic N) is 1. The molecule has 0 saturated heterocycles. The first kappa shape index (κ1) is 21.9. The molecule has 1 N–H and O–H groups in total. The molecule has 0 radical (unpaired) electrons. The molecule has 0 aliphatic carbocycles. The van der Waals surface area contributed by atoms with Crippen LogP contribution in [0.2, 0.25) is 5.02 Å². The molecule has 0 heterocycles. The van der Waals surface area contributed by atoms with Crippen LogP contribution in [-0.4, -0.2) is 19.6 Å². The van der Waals surface area contributed by atoms with Gasteiger partial charge >= 0.3 is 0 Å². The number of benzene rings is 3. The van der Waals surface area contributed by atoms with E-state index in [1.165, 1.54) is 0 Å². The summed E-state index contributed by atoms with van der Waals surface area (Å²) in [6.45, 7) is 1.77. The van der Waals surface area contributed by atoms with E-state index < -0.39 is 0 Å². The van der Waals surface area contributed by atoms with Crippen LogP contribution in [0, 0.1) is 18.3 Å². The van der Waals surface area contributed by atoms with Gasteiger partial charge in [-0.3, -0.25) is 4.79 Å². The van der Waals surface area contributed by atoms with E-state index in [0.717, 1.165) is 11.1 Å². The summed E-state index contributed by atoms with van der Waals surface area (Å²) in [6.07, 6.45) is 1.68. The smallest absolute Gasteiger partial charge is 0.262 e. The lowest BCUT2D eigenvalue weighted by molar-refractivity contribution is -0.118. The van der Waals surface area contributed by atoms with Crippen molar-refractivity contribution in [2.75, 3.05) is 19.0 Å². The fourth-order valence-electron chi connectivity index (χ4n) is 2.93. The average molecular weight is 433 g/mol. The summed E-state index contributed by atoms with van der Waals surface area (Å²) in [5.41, 5.74) is 3.51. The van der Waals surface area contributed by atoms with E-state index in [2.05, 4.69) is 11.4 Å². The first-order valence-corrected chi connectivity index (χ1v) is 9.91. The third-order valence-electron chi connectivity index (χ3n) is 4.45. The number of amides is 1. The number of carbonyl (C=O) groups excluding carboxylic acids is 1. The van der Waals surface area contributed by atoms with Crippen molar-refractivity contribution in [3.8, 4) is 17.6 Å². The monoisotopic (exact) mass is 432 g/mol. The third kappa shape index (κ3) is 6.11. The minimum Gasteiger partial charge on any atom is -0.497 e. The molecule has 0 aliphatic rings. The summed E-state index contributed by atoms with van der Waals surface area (Å²) < 4.78 is 10.9. The molecule has 0 aliphatic heterocycles. The summed E-state index contributed by atoms with van der Waals surface area (Å²) in [5, 5.41) is 12.9. The lowest BCUT2D eigenvalue weighted by Crippen LogP contribution is -2.20. The van der Waals surface area contributed by atoms with Gasteiger partial charge in [-0.25, -0.2) is 0 Å². The van der Waals surface area contributed by atoms with E-state index in [0.29, 0.717) is 33.3 Å². The minimum atomic E-state index is -0.286. The standard InChI is InChI=1S/C25H21ClN2O3/c1-17-4-3-5-22(12-17)28-25(29)16-31-24-11-8-21(26)14-19(24)13-20(15-27)18-6-9-23(30-2)10-7-18/h3-14H,16H2,1-2H3,(H,28,29)/b20-13+. The second kappa shape index (κ2) is 10.3. The number of hydrogen-bond acceptors (Lipinski definition) is 4. The van der Waals surface area contributed by atoms with E-state index in [1.807, 2.05) is 31.2 Å². The number of ether oxygens (including phenoxy) is 2. The molecule has 0 saturated carbocycles. The van der Waals surface area contributed by atoms with E-state index >= 15 is 0 Å². The fraction of sp³-hybridized carbons (Fsp3) is 0.120. The van der Waals surface area contributed by atoms with Gasteiger partial charge in [0.25, 0.3) is 5.91 Å². The van der Waals surface area contributed by atoms with Crippen molar-refractivity contribution in [2.24, 2.45) is 0 Å². The predicted molar refractivity (Wildman–Crippen MR) is 123 cm³/mol. The number of aryl methyl sites for hydroxylation is 1. The molecule has 0 spiro atoms. The maximum atomic E-state index is 12.3. The third-order valence-corrected chi connectivity index (χ3v) is 4.69. The Morgan fingerprint density at radius 3 is 2.58 bits per heavy atom. The highest BCUT2D eigenvalue weighted by Gasteiger charge is 2.10. The predicted octanol–water partition coefficient (Wildman–Crippen LogP) is 5.74. The summed E-state index contributed by atoms with van der Waals surface area (Å²) >= 11 is 6.15. The number of halogens is 1. The number of methoxy groups -OCH3 is 1. The van der Waals surface area contributed by atoms with Crippen LogP contribution in [0.15, 0.2) is 66.7 Å². The van der Waals surface area contributed by atoms with Crippen molar-refractivity contribution in [3.63, 3.8) is 0 Å². The lowest BCUT2D eigenvalue weighted by Gasteiger charge is -2.11. The molecule has 5 nitrogen and oxygen atoms in total. The van der Waals surface area contributed by atoms with Crippen molar-refractivity contribution in [3.05, 3.63) is 88.4 Å². The van der Waals surface area contributed by atoms with Crippen LogP contribution in [-0.2, 0) is 4.79 Å². The highest BCUT2D eigenvalue weighted by molar-refractivity contribution is 6.30. The molecule has 3 aromatic rings. The molecule has 0 atom stereocenters. The Kier molecular flexibility index (Phi) is 7.31. The largest absolute Gasteiger partial charge is 0.497 e. The van der Waals surface area contributed by atoms with Gasteiger partial charge in [0, 0.05) is 16.3 Å². The number of nitriles is 1. The Balaban J connectivity index is 1.78. The van der Waals surface area contributed by atoms with Gasteiger partial charge in [0.2, 0.25) is 0 Å². The second-order valence-electron chi connectivity index (χ2n) is 6.79. The Bertz CT molecular complexity index is 1150. The van der Waals surface area contributed by atoms with E-state index in [4.69, 9.17) is 21.1 Å². The molecule has 0 bridgehead atoms. The Morgan fingerprint density at radius 2 is 1.90 bits per heavy atom. The van der Waals surface area contributed by atoms with E-state index in [-0.39, 0.29) is 12.5 Å². The number of anilines is 1. The van der Waals surface area contributed by atoms with Gasteiger partial charge in [-0.2, -0.15) is 5.26 Å². The zero-order valence-corrected chi connectivity index (χ0v) is 17.9. The van der Waals surface area contributed by atoms with Crippen molar-refractivity contribution < 1.29 is 14.3 Å². The Morgan fingerprint density at radius 1 is 1.13 bits per heavy atom. The lowest BCUT2D eigenvalue weighted by atomic mass is 10.0. The van der Waals surface area contributed by atoms with Crippen LogP contribution in [0.3, 0.4) is 0 Å². The minimum absolute atomic E-state index is 0.180. The molecule has 0 fully saturated rings. The van der Waals surface area contributed by atoms with Crippen LogP contribution in [0.4, 0.5) is 5.69 Å². The summed E-state index contributed by atoms with van der Waals surface area (Å²) in [4.78, 5) is 12.3. The zero-order chi connectivity index (χ0) is 22.2. The number of rotatable bonds is 7. The van der Waals surface area contributed by atoms with Crippen LogP contribution in [0.25, 0.3) is 11.6 Å². The van der Waals surface area contributed by atoms with Gasteiger partial charge < -0.3 is 14.8 Å². The first-order valence-electron chi connectivity index (χ1n) is 9.53. The van der Waals surface area contributed by atoms with Gasteiger partial charge in [-0.05, 0) is 78.7 Å².